The molecule has 0 saturated heterocycles. The quantitative estimate of drug-likeness (QED) is 0.722. The number of ketones is 1. The average Bonchev–Trinajstić information content (AvgIpc) is 3.44. The molecule has 4 rings (SSSR count). The predicted octanol–water partition coefficient (Wildman–Crippen LogP) is 3.34. The molecule has 0 bridgehead atoms. The number of fused-ring (bicyclic) bond motifs is 1. The number of hydrogen-bond donors (Lipinski definition) is 2. The summed E-state index contributed by atoms with van der Waals surface area (Å²) in [7, 11) is 0. The van der Waals surface area contributed by atoms with E-state index in [1.165, 1.54) is 0 Å². The van der Waals surface area contributed by atoms with E-state index in [2.05, 4.69) is 9.98 Å². The van der Waals surface area contributed by atoms with Crippen LogP contribution < -0.4 is 0 Å². The van der Waals surface area contributed by atoms with Crippen LogP contribution in [-0.4, -0.2) is 32.3 Å². The fraction of sp³-hybridized carbons (Fsp3) is 0.458. The van der Waals surface area contributed by atoms with Crippen molar-refractivity contribution in [3.63, 3.8) is 0 Å². The van der Waals surface area contributed by atoms with Crippen molar-refractivity contribution in [3.05, 3.63) is 64.5 Å². The van der Waals surface area contributed by atoms with Crippen molar-refractivity contribution in [3.8, 4) is 0 Å². The Labute approximate surface area is 171 Å². The summed E-state index contributed by atoms with van der Waals surface area (Å²) in [5.74, 6) is 0.251. The van der Waals surface area contributed by atoms with Crippen LogP contribution in [-0.2, 0) is 24.4 Å². The lowest BCUT2D eigenvalue weighted by atomic mass is 9.80. The molecule has 29 heavy (non-hydrogen) atoms. The van der Waals surface area contributed by atoms with Gasteiger partial charge in [0.1, 0.15) is 5.78 Å². The first kappa shape index (κ1) is 19.9. The Morgan fingerprint density at radius 1 is 1.24 bits per heavy atom. The molecular weight excluding hydrogens is 364 g/mol. The number of nitrogens with zero attached hydrogens (tertiary/aromatic N) is 2. The van der Waals surface area contributed by atoms with Crippen LogP contribution >= 0.6 is 0 Å². The number of pyridine rings is 1. The summed E-state index contributed by atoms with van der Waals surface area (Å²) >= 11 is 0. The van der Waals surface area contributed by atoms with Crippen molar-refractivity contribution < 1.29 is 15.0 Å². The van der Waals surface area contributed by atoms with Gasteiger partial charge in [-0.05, 0) is 43.9 Å². The zero-order valence-corrected chi connectivity index (χ0v) is 17.1. The molecule has 5 nitrogen and oxygen atoms in total. The standard InChI is InChI=1S/C24H28N2O3/c1-24(2,29)20(15-6-4-3-5-7-15)12-19(28)11-18-10-17-13-25-23(16-8-9-16)22(17)21(14-27)26-18/h3-7,10,16,20,27,29H,8-9,11-14H2,1-2H3/t20-/m0/s1. The van der Waals surface area contributed by atoms with Gasteiger partial charge in [0.2, 0.25) is 0 Å². The van der Waals surface area contributed by atoms with Crippen LogP contribution in [0.25, 0.3) is 0 Å². The molecule has 0 unspecified atom stereocenters. The Morgan fingerprint density at radius 2 is 1.97 bits per heavy atom. The van der Waals surface area contributed by atoms with Gasteiger partial charge in [-0.2, -0.15) is 0 Å². The minimum Gasteiger partial charge on any atom is -0.390 e. The van der Waals surface area contributed by atoms with E-state index < -0.39 is 5.60 Å². The molecule has 1 fully saturated rings. The van der Waals surface area contributed by atoms with Gasteiger partial charge in [-0.1, -0.05) is 30.3 Å². The second-order valence-corrected chi connectivity index (χ2v) is 8.76. The predicted molar refractivity (Wildman–Crippen MR) is 112 cm³/mol. The second kappa shape index (κ2) is 7.81. The maximum absolute atomic E-state index is 12.9. The van der Waals surface area contributed by atoms with E-state index in [9.17, 15) is 15.0 Å². The molecule has 0 amide bonds. The fourth-order valence-electron chi connectivity index (χ4n) is 4.26. The first-order chi connectivity index (χ1) is 13.9. The Morgan fingerprint density at radius 3 is 2.59 bits per heavy atom. The molecule has 1 aromatic heterocycles. The maximum atomic E-state index is 12.9. The van der Waals surface area contributed by atoms with Gasteiger partial charge in [-0.25, -0.2) is 0 Å². The summed E-state index contributed by atoms with van der Waals surface area (Å²) in [5, 5.41) is 20.5. The van der Waals surface area contributed by atoms with Crippen molar-refractivity contribution in [2.24, 2.45) is 10.9 Å². The Kier molecular flexibility index (Phi) is 5.36. The van der Waals surface area contributed by atoms with Crippen LogP contribution in [0.3, 0.4) is 0 Å². The highest BCUT2D eigenvalue weighted by Crippen LogP contribution is 2.38. The van der Waals surface area contributed by atoms with E-state index in [0.717, 1.165) is 35.2 Å². The third kappa shape index (κ3) is 4.31. The normalized spacial score (nSPS) is 17.0. The number of rotatable bonds is 8. The van der Waals surface area contributed by atoms with Crippen molar-refractivity contribution in [1.29, 1.82) is 0 Å². The van der Waals surface area contributed by atoms with Crippen molar-refractivity contribution in [2.45, 2.75) is 64.2 Å². The van der Waals surface area contributed by atoms with Crippen LogP contribution in [0.4, 0.5) is 0 Å². The van der Waals surface area contributed by atoms with E-state index in [1.807, 2.05) is 36.4 Å². The van der Waals surface area contributed by atoms with Crippen LogP contribution in [0.2, 0.25) is 0 Å². The smallest absolute Gasteiger partial charge is 0.139 e. The third-order valence-electron chi connectivity index (χ3n) is 5.88. The third-order valence-corrected chi connectivity index (χ3v) is 5.88. The van der Waals surface area contributed by atoms with E-state index in [1.54, 1.807) is 13.8 Å². The van der Waals surface area contributed by atoms with Gasteiger partial charge in [0.25, 0.3) is 0 Å². The first-order valence-corrected chi connectivity index (χ1v) is 10.3. The molecule has 1 saturated carbocycles. The number of hydrogen-bond acceptors (Lipinski definition) is 5. The molecule has 0 spiro atoms. The van der Waals surface area contributed by atoms with Gasteiger partial charge >= 0.3 is 0 Å². The molecule has 2 heterocycles. The molecule has 1 aliphatic heterocycles. The molecule has 2 aromatic rings. The lowest BCUT2D eigenvalue weighted by Gasteiger charge is -2.29. The highest BCUT2D eigenvalue weighted by atomic mass is 16.3. The summed E-state index contributed by atoms with van der Waals surface area (Å²) < 4.78 is 0. The topological polar surface area (TPSA) is 82.8 Å². The summed E-state index contributed by atoms with van der Waals surface area (Å²) in [6, 6.07) is 11.6. The summed E-state index contributed by atoms with van der Waals surface area (Å²) in [4.78, 5) is 22.1. The molecule has 2 aliphatic rings. The molecular formula is C24H28N2O3. The second-order valence-electron chi connectivity index (χ2n) is 8.76. The summed E-state index contributed by atoms with van der Waals surface area (Å²) in [5.41, 5.74) is 4.41. The van der Waals surface area contributed by atoms with Gasteiger partial charge in [0.05, 0.1) is 24.4 Å². The SMILES string of the molecule is CC(C)(O)[C@@H](CC(=O)Cc1cc2c(c(CO)n1)C(C1CC1)=NC2)c1ccccc1. The van der Waals surface area contributed by atoms with Gasteiger partial charge < -0.3 is 10.2 Å². The van der Waals surface area contributed by atoms with E-state index in [4.69, 9.17) is 0 Å². The Balaban J connectivity index is 1.53. The maximum Gasteiger partial charge on any atom is 0.139 e. The summed E-state index contributed by atoms with van der Waals surface area (Å²) in [6.07, 6.45) is 2.74. The van der Waals surface area contributed by atoms with Crippen molar-refractivity contribution >= 4 is 11.5 Å². The molecule has 5 heteroatoms. The minimum absolute atomic E-state index is 0.0265. The first-order valence-electron chi connectivity index (χ1n) is 10.3. The number of carbonyl (C=O) groups excluding carboxylic acids is 1. The van der Waals surface area contributed by atoms with E-state index in [0.29, 0.717) is 23.9 Å². The number of aliphatic hydroxyl groups excluding tert-OH is 1. The van der Waals surface area contributed by atoms with Crippen LogP contribution in [0.5, 0.6) is 0 Å². The monoisotopic (exact) mass is 392 g/mol. The average molecular weight is 392 g/mol. The number of benzene rings is 1. The molecule has 152 valence electrons. The van der Waals surface area contributed by atoms with E-state index in [-0.39, 0.29) is 31.1 Å². The minimum atomic E-state index is -1.01. The van der Waals surface area contributed by atoms with Crippen LogP contribution in [0.15, 0.2) is 41.4 Å². The van der Waals surface area contributed by atoms with Crippen LogP contribution in [0, 0.1) is 5.92 Å². The number of carbonyl (C=O) groups is 1. The molecule has 0 radical (unpaired) electrons. The fourth-order valence-corrected chi connectivity index (χ4v) is 4.26. The molecule has 1 aliphatic carbocycles. The van der Waals surface area contributed by atoms with Gasteiger partial charge in [-0.3, -0.25) is 14.8 Å². The summed E-state index contributed by atoms with van der Waals surface area (Å²) in [6.45, 7) is 3.94. The number of Topliss-reactive ketones (excluding diaryl/α,β-unsaturated/α-hetero) is 1. The highest BCUT2D eigenvalue weighted by molar-refractivity contribution is 6.07. The van der Waals surface area contributed by atoms with E-state index >= 15 is 0 Å². The van der Waals surface area contributed by atoms with Gasteiger partial charge in [-0.15, -0.1) is 0 Å². The lowest BCUT2D eigenvalue weighted by molar-refractivity contribution is -0.120. The Hall–Kier alpha value is -2.37. The van der Waals surface area contributed by atoms with Crippen molar-refractivity contribution in [1.82, 2.24) is 4.98 Å². The van der Waals surface area contributed by atoms with Crippen LogP contribution in [0.1, 0.15) is 67.1 Å². The number of aliphatic imine (C=N–C) groups is 1. The lowest BCUT2D eigenvalue weighted by Crippen LogP contribution is -2.31. The number of aromatic nitrogens is 1. The molecule has 1 aromatic carbocycles. The van der Waals surface area contributed by atoms with Gasteiger partial charge in [0.15, 0.2) is 0 Å². The zero-order chi connectivity index (χ0) is 20.6. The molecule has 1 atom stereocenters. The highest BCUT2D eigenvalue weighted by Gasteiger charge is 2.34. The number of aliphatic hydroxyl groups is 2. The molecule has 2 N–H and O–H groups in total. The largest absolute Gasteiger partial charge is 0.390 e. The zero-order valence-electron chi connectivity index (χ0n) is 17.1. The van der Waals surface area contributed by atoms with Crippen molar-refractivity contribution in [2.75, 3.05) is 0 Å². The Bertz CT molecular complexity index is 941. The van der Waals surface area contributed by atoms with Gasteiger partial charge in [0, 0.05) is 41.6 Å².